The smallest absolute Gasteiger partial charge is 0.234 e. The normalized spacial score (nSPS) is 9.81. The predicted octanol–water partition coefficient (Wildman–Crippen LogP) is 0.782. The van der Waals surface area contributed by atoms with E-state index in [1.165, 1.54) is 0 Å². The molecule has 0 bridgehead atoms. The van der Waals surface area contributed by atoms with Gasteiger partial charge >= 0.3 is 0 Å². The monoisotopic (exact) mass is 219 g/mol. The summed E-state index contributed by atoms with van der Waals surface area (Å²) in [5.41, 5.74) is 1.99. The van der Waals surface area contributed by atoms with Crippen LogP contribution in [0.15, 0.2) is 31.0 Å². The lowest BCUT2D eigenvalue weighted by Gasteiger charge is -2.06. The van der Waals surface area contributed by atoms with Crippen molar-refractivity contribution in [1.82, 2.24) is 15.6 Å². The molecule has 0 atom stereocenters. The number of rotatable bonds is 6. The number of nitrogens with zero attached hydrogens (tertiary/aromatic N) is 1. The van der Waals surface area contributed by atoms with E-state index in [4.69, 9.17) is 0 Å². The molecule has 4 nitrogen and oxygen atoms in total. The van der Waals surface area contributed by atoms with Crippen LogP contribution in [0, 0.1) is 6.92 Å². The SMILES string of the molecule is C=CCNCC(=O)NCc1ncccc1C. The summed E-state index contributed by atoms with van der Waals surface area (Å²) >= 11 is 0. The van der Waals surface area contributed by atoms with Crippen LogP contribution in [0.2, 0.25) is 0 Å². The Morgan fingerprint density at radius 2 is 2.44 bits per heavy atom. The first kappa shape index (κ1) is 12.4. The summed E-state index contributed by atoms with van der Waals surface area (Å²) < 4.78 is 0. The zero-order valence-electron chi connectivity index (χ0n) is 9.49. The fourth-order valence-electron chi connectivity index (χ4n) is 1.24. The molecular weight excluding hydrogens is 202 g/mol. The molecule has 0 aliphatic rings. The average molecular weight is 219 g/mol. The van der Waals surface area contributed by atoms with Gasteiger partial charge in [-0.1, -0.05) is 12.1 Å². The number of nitrogens with one attached hydrogen (secondary N) is 2. The molecule has 2 N–H and O–H groups in total. The molecule has 0 radical (unpaired) electrons. The van der Waals surface area contributed by atoms with Gasteiger partial charge in [-0.3, -0.25) is 9.78 Å². The zero-order chi connectivity index (χ0) is 11.8. The number of pyridine rings is 1. The molecule has 4 heteroatoms. The van der Waals surface area contributed by atoms with Gasteiger partial charge in [0.2, 0.25) is 5.91 Å². The summed E-state index contributed by atoms with van der Waals surface area (Å²) in [5.74, 6) is -0.0353. The number of carbonyl (C=O) groups excluding carboxylic acids is 1. The van der Waals surface area contributed by atoms with Crippen molar-refractivity contribution in [2.75, 3.05) is 13.1 Å². The summed E-state index contributed by atoms with van der Waals surface area (Å²) in [6.45, 7) is 6.95. The summed E-state index contributed by atoms with van der Waals surface area (Å²) in [7, 11) is 0. The van der Waals surface area contributed by atoms with Crippen LogP contribution >= 0.6 is 0 Å². The lowest BCUT2D eigenvalue weighted by Crippen LogP contribution is -2.33. The van der Waals surface area contributed by atoms with Crippen LogP contribution in [0.5, 0.6) is 0 Å². The Hall–Kier alpha value is -1.68. The Morgan fingerprint density at radius 3 is 3.12 bits per heavy atom. The Kier molecular flexibility index (Phi) is 5.22. The van der Waals surface area contributed by atoms with Gasteiger partial charge in [-0.05, 0) is 18.6 Å². The molecule has 0 saturated carbocycles. The minimum absolute atomic E-state index is 0.0353. The molecule has 0 spiro atoms. The molecular formula is C12H17N3O. The Balaban J connectivity index is 2.31. The molecule has 0 aliphatic heterocycles. The molecule has 1 heterocycles. The molecule has 0 fully saturated rings. The largest absolute Gasteiger partial charge is 0.349 e. The van der Waals surface area contributed by atoms with Crippen molar-refractivity contribution >= 4 is 5.91 Å². The van der Waals surface area contributed by atoms with Gasteiger partial charge in [0.25, 0.3) is 0 Å². The van der Waals surface area contributed by atoms with Crippen molar-refractivity contribution in [3.8, 4) is 0 Å². The second kappa shape index (κ2) is 6.74. The second-order valence-electron chi connectivity index (χ2n) is 3.46. The van der Waals surface area contributed by atoms with Crippen molar-refractivity contribution in [3.05, 3.63) is 42.2 Å². The number of aryl methyl sites for hydroxylation is 1. The molecule has 0 aromatic carbocycles. The van der Waals surface area contributed by atoms with E-state index in [1.54, 1.807) is 12.3 Å². The van der Waals surface area contributed by atoms with Crippen LogP contribution in [-0.4, -0.2) is 24.0 Å². The van der Waals surface area contributed by atoms with E-state index < -0.39 is 0 Å². The van der Waals surface area contributed by atoms with Gasteiger partial charge in [-0.2, -0.15) is 0 Å². The number of hydrogen-bond acceptors (Lipinski definition) is 3. The highest BCUT2D eigenvalue weighted by Crippen LogP contribution is 2.01. The highest BCUT2D eigenvalue weighted by Gasteiger charge is 2.02. The maximum absolute atomic E-state index is 11.4. The summed E-state index contributed by atoms with van der Waals surface area (Å²) in [4.78, 5) is 15.6. The van der Waals surface area contributed by atoms with Gasteiger partial charge in [-0.25, -0.2) is 0 Å². The maximum Gasteiger partial charge on any atom is 0.234 e. The van der Waals surface area contributed by atoms with Gasteiger partial charge in [0.1, 0.15) is 0 Å². The number of aromatic nitrogens is 1. The van der Waals surface area contributed by atoms with Crippen molar-refractivity contribution < 1.29 is 4.79 Å². The topological polar surface area (TPSA) is 54.0 Å². The summed E-state index contributed by atoms with van der Waals surface area (Å²) in [5, 5.41) is 5.74. The Labute approximate surface area is 95.8 Å². The number of amides is 1. The van der Waals surface area contributed by atoms with E-state index >= 15 is 0 Å². The van der Waals surface area contributed by atoms with E-state index in [-0.39, 0.29) is 5.91 Å². The van der Waals surface area contributed by atoms with Crippen LogP contribution in [0.3, 0.4) is 0 Å². The van der Waals surface area contributed by atoms with Crippen LogP contribution in [0.25, 0.3) is 0 Å². The van der Waals surface area contributed by atoms with E-state index in [0.29, 0.717) is 19.6 Å². The fourth-order valence-corrected chi connectivity index (χ4v) is 1.24. The van der Waals surface area contributed by atoms with E-state index in [2.05, 4.69) is 22.2 Å². The highest BCUT2D eigenvalue weighted by atomic mass is 16.1. The van der Waals surface area contributed by atoms with Crippen LogP contribution in [0.4, 0.5) is 0 Å². The number of hydrogen-bond donors (Lipinski definition) is 2. The molecule has 16 heavy (non-hydrogen) atoms. The third kappa shape index (κ3) is 4.23. The van der Waals surface area contributed by atoms with Gasteiger partial charge in [-0.15, -0.1) is 6.58 Å². The highest BCUT2D eigenvalue weighted by molar-refractivity contribution is 5.77. The van der Waals surface area contributed by atoms with Gasteiger partial charge in [0, 0.05) is 12.7 Å². The Morgan fingerprint density at radius 1 is 1.62 bits per heavy atom. The summed E-state index contributed by atoms with van der Waals surface area (Å²) in [6.07, 6.45) is 3.45. The van der Waals surface area contributed by atoms with Crippen LogP contribution < -0.4 is 10.6 Å². The van der Waals surface area contributed by atoms with E-state index in [1.807, 2.05) is 19.1 Å². The quantitative estimate of drug-likeness (QED) is 0.549. The maximum atomic E-state index is 11.4. The fraction of sp³-hybridized carbons (Fsp3) is 0.333. The molecule has 0 unspecified atom stereocenters. The summed E-state index contributed by atoms with van der Waals surface area (Å²) in [6, 6.07) is 3.86. The number of carbonyl (C=O) groups is 1. The first-order chi connectivity index (χ1) is 7.74. The predicted molar refractivity (Wildman–Crippen MR) is 63.9 cm³/mol. The van der Waals surface area contributed by atoms with Gasteiger partial charge in [0.15, 0.2) is 0 Å². The molecule has 1 aromatic rings. The van der Waals surface area contributed by atoms with Crippen molar-refractivity contribution in [3.63, 3.8) is 0 Å². The van der Waals surface area contributed by atoms with Crippen LogP contribution in [0.1, 0.15) is 11.3 Å². The molecule has 1 rings (SSSR count). The van der Waals surface area contributed by atoms with E-state index in [9.17, 15) is 4.79 Å². The molecule has 1 amide bonds. The van der Waals surface area contributed by atoms with Gasteiger partial charge in [0.05, 0.1) is 18.8 Å². The van der Waals surface area contributed by atoms with Crippen molar-refractivity contribution in [2.24, 2.45) is 0 Å². The van der Waals surface area contributed by atoms with Gasteiger partial charge < -0.3 is 10.6 Å². The average Bonchev–Trinajstić information content (AvgIpc) is 2.28. The minimum atomic E-state index is -0.0353. The molecule has 0 saturated heterocycles. The second-order valence-corrected chi connectivity index (χ2v) is 3.46. The van der Waals surface area contributed by atoms with Crippen molar-refractivity contribution in [2.45, 2.75) is 13.5 Å². The lowest BCUT2D eigenvalue weighted by molar-refractivity contribution is -0.120. The molecule has 1 aromatic heterocycles. The third-order valence-corrected chi connectivity index (χ3v) is 2.15. The standard InChI is InChI=1S/C12H17N3O/c1-3-6-13-9-12(16)15-8-11-10(2)5-4-7-14-11/h3-5,7,13H,1,6,8-9H2,2H3,(H,15,16). The third-order valence-electron chi connectivity index (χ3n) is 2.15. The van der Waals surface area contributed by atoms with Crippen molar-refractivity contribution in [1.29, 1.82) is 0 Å². The lowest BCUT2D eigenvalue weighted by atomic mass is 10.2. The first-order valence-corrected chi connectivity index (χ1v) is 5.23. The molecule has 0 aliphatic carbocycles. The molecule has 86 valence electrons. The van der Waals surface area contributed by atoms with Crippen LogP contribution in [-0.2, 0) is 11.3 Å². The van der Waals surface area contributed by atoms with E-state index in [0.717, 1.165) is 11.3 Å². The Bertz CT molecular complexity index is 363. The zero-order valence-corrected chi connectivity index (χ0v) is 9.49. The first-order valence-electron chi connectivity index (χ1n) is 5.23. The minimum Gasteiger partial charge on any atom is -0.349 e.